The molecule has 0 aliphatic heterocycles. The van der Waals surface area contributed by atoms with Gasteiger partial charge in [0.25, 0.3) is 0 Å². The molecule has 3 rings (SSSR count). The number of hydrogen-bond acceptors (Lipinski definition) is 7. The standard InChI is InChI=1S/C13H13N5S2/c1-3-8-6-9-11(19-8)17-13(14-2)18-12(9)20-10-4-5-15-7-16-10/h4-7H,3H2,1-2H3,(H,14,17,18). The van der Waals surface area contributed by atoms with Gasteiger partial charge in [-0.25, -0.2) is 19.9 Å². The summed E-state index contributed by atoms with van der Waals surface area (Å²) < 4.78 is 0. The third-order valence-corrected chi connectivity index (χ3v) is 4.87. The zero-order chi connectivity index (χ0) is 13.9. The van der Waals surface area contributed by atoms with Crippen molar-refractivity contribution in [2.75, 3.05) is 12.4 Å². The summed E-state index contributed by atoms with van der Waals surface area (Å²) in [6.07, 6.45) is 4.29. The van der Waals surface area contributed by atoms with Gasteiger partial charge in [0.2, 0.25) is 5.95 Å². The number of hydrogen-bond donors (Lipinski definition) is 1. The van der Waals surface area contributed by atoms with Gasteiger partial charge in [-0.2, -0.15) is 0 Å². The lowest BCUT2D eigenvalue weighted by atomic mass is 10.3. The van der Waals surface area contributed by atoms with Gasteiger partial charge < -0.3 is 5.32 Å². The summed E-state index contributed by atoms with van der Waals surface area (Å²) in [4.78, 5) is 19.6. The molecule has 0 spiro atoms. The van der Waals surface area contributed by atoms with Gasteiger partial charge in [-0.15, -0.1) is 11.3 Å². The smallest absolute Gasteiger partial charge is 0.224 e. The number of rotatable bonds is 4. The average Bonchev–Trinajstić information content (AvgIpc) is 2.91. The van der Waals surface area contributed by atoms with E-state index in [1.807, 2.05) is 13.1 Å². The summed E-state index contributed by atoms with van der Waals surface area (Å²) in [6, 6.07) is 4.05. The van der Waals surface area contributed by atoms with Gasteiger partial charge in [0.05, 0.1) is 0 Å². The van der Waals surface area contributed by atoms with E-state index in [0.29, 0.717) is 5.95 Å². The maximum absolute atomic E-state index is 4.55. The topological polar surface area (TPSA) is 63.6 Å². The summed E-state index contributed by atoms with van der Waals surface area (Å²) >= 11 is 3.25. The lowest BCUT2D eigenvalue weighted by Crippen LogP contribution is -1.97. The second-order valence-electron chi connectivity index (χ2n) is 4.04. The van der Waals surface area contributed by atoms with Crippen LogP contribution in [0.2, 0.25) is 0 Å². The average molecular weight is 303 g/mol. The molecule has 0 saturated carbocycles. The largest absolute Gasteiger partial charge is 0.357 e. The van der Waals surface area contributed by atoms with Crippen LogP contribution in [-0.2, 0) is 6.42 Å². The number of nitrogens with zero attached hydrogens (tertiary/aromatic N) is 4. The normalized spacial score (nSPS) is 10.9. The van der Waals surface area contributed by atoms with Crippen LogP contribution in [0, 0.1) is 0 Å². The summed E-state index contributed by atoms with van der Waals surface area (Å²) in [5.41, 5.74) is 0. The van der Waals surface area contributed by atoms with Crippen LogP contribution < -0.4 is 5.32 Å². The molecule has 102 valence electrons. The molecule has 0 bridgehead atoms. The SMILES string of the molecule is CCc1cc2c(Sc3ccncn3)nc(NC)nc2s1. The van der Waals surface area contributed by atoms with E-state index in [1.165, 1.54) is 16.6 Å². The zero-order valence-corrected chi connectivity index (χ0v) is 12.8. The van der Waals surface area contributed by atoms with E-state index >= 15 is 0 Å². The van der Waals surface area contributed by atoms with Crippen molar-refractivity contribution in [2.24, 2.45) is 0 Å². The molecule has 0 radical (unpaired) electrons. The molecule has 3 aromatic heterocycles. The van der Waals surface area contributed by atoms with E-state index in [0.717, 1.165) is 26.7 Å². The minimum Gasteiger partial charge on any atom is -0.357 e. The molecule has 3 aromatic rings. The quantitative estimate of drug-likeness (QED) is 0.747. The van der Waals surface area contributed by atoms with Gasteiger partial charge in [-0.1, -0.05) is 6.92 Å². The Labute approximate surface area is 124 Å². The molecular weight excluding hydrogens is 290 g/mol. The van der Waals surface area contributed by atoms with Gasteiger partial charge in [0, 0.05) is 23.5 Å². The molecule has 0 atom stereocenters. The number of fused-ring (bicyclic) bond motifs is 1. The van der Waals surface area contributed by atoms with E-state index in [9.17, 15) is 0 Å². The molecule has 0 fully saturated rings. The number of thiophene rings is 1. The first kappa shape index (κ1) is 13.3. The molecule has 0 aliphatic carbocycles. The van der Waals surface area contributed by atoms with Crippen LogP contribution in [0.4, 0.5) is 5.95 Å². The van der Waals surface area contributed by atoms with Crippen molar-refractivity contribution in [1.82, 2.24) is 19.9 Å². The third-order valence-electron chi connectivity index (χ3n) is 2.74. The Balaban J connectivity index is 2.09. The minimum absolute atomic E-state index is 0.638. The highest BCUT2D eigenvalue weighted by atomic mass is 32.2. The Hall–Kier alpha value is -1.73. The molecule has 0 saturated heterocycles. The maximum atomic E-state index is 4.55. The van der Waals surface area contributed by atoms with Gasteiger partial charge in [0.15, 0.2) is 0 Å². The number of anilines is 1. The van der Waals surface area contributed by atoms with Crippen LogP contribution in [0.5, 0.6) is 0 Å². The molecule has 0 aromatic carbocycles. The Morgan fingerprint density at radius 3 is 2.95 bits per heavy atom. The molecular formula is C13H13N5S2. The fourth-order valence-corrected chi connectivity index (χ4v) is 3.60. The van der Waals surface area contributed by atoms with Crippen molar-refractivity contribution in [1.29, 1.82) is 0 Å². The first-order chi connectivity index (χ1) is 9.80. The van der Waals surface area contributed by atoms with Crippen molar-refractivity contribution in [3.05, 3.63) is 29.5 Å². The third kappa shape index (κ3) is 2.59. The monoisotopic (exact) mass is 303 g/mol. The molecule has 7 heteroatoms. The Morgan fingerprint density at radius 2 is 2.25 bits per heavy atom. The van der Waals surface area contributed by atoms with E-state index in [4.69, 9.17) is 0 Å². The summed E-state index contributed by atoms with van der Waals surface area (Å²) in [6.45, 7) is 2.15. The number of aromatic nitrogens is 4. The predicted molar refractivity (Wildman–Crippen MR) is 82.5 cm³/mol. The van der Waals surface area contributed by atoms with Crippen LogP contribution in [0.25, 0.3) is 10.2 Å². The first-order valence-corrected chi connectivity index (χ1v) is 7.85. The lowest BCUT2D eigenvalue weighted by Gasteiger charge is -2.04. The molecule has 1 N–H and O–H groups in total. The fourth-order valence-electron chi connectivity index (χ4n) is 1.75. The van der Waals surface area contributed by atoms with Gasteiger partial charge in [-0.05, 0) is 30.3 Å². The van der Waals surface area contributed by atoms with Gasteiger partial charge in [0.1, 0.15) is 21.2 Å². The summed E-state index contributed by atoms with van der Waals surface area (Å²) in [5, 5.41) is 5.91. The second-order valence-corrected chi connectivity index (χ2v) is 6.16. The van der Waals surface area contributed by atoms with Crippen LogP contribution in [0.15, 0.2) is 34.7 Å². The predicted octanol–water partition coefficient (Wildman–Crippen LogP) is 3.24. The molecule has 0 unspecified atom stereocenters. The Kier molecular flexibility index (Phi) is 3.79. The van der Waals surface area contributed by atoms with Crippen molar-refractivity contribution in [2.45, 2.75) is 23.4 Å². The van der Waals surface area contributed by atoms with Crippen LogP contribution in [-0.4, -0.2) is 27.0 Å². The second kappa shape index (κ2) is 5.72. The molecule has 5 nitrogen and oxygen atoms in total. The molecule has 0 amide bonds. The van der Waals surface area contributed by atoms with Crippen molar-refractivity contribution >= 4 is 39.3 Å². The Bertz CT molecular complexity index is 726. The van der Waals surface area contributed by atoms with E-state index in [2.05, 4.69) is 38.2 Å². The summed E-state index contributed by atoms with van der Waals surface area (Å²) in [7, 11) is 1.83. The van der Waals surface area contributed by atoms with Crippen LogP contribution in [0.1, 0.15) is 11.8 Å². The molecule has 3 heterocycles. The lowest BCUT2D eigenvalue weighted by molar-refractivity contribution is 1.04. The van der Waals surface area contributed by atoms with Crippen LogP contribution >= 0.6 is 23.1 Å². The van der Waals surface area contributed by atoms with E-state index in [-0.39, 0.29) is 0 Å². The van der Waals surface area contributed by atoms with E-state index < -0.39 is 0 Å². The minimum atomic E-state index is 0.638. The maximum Gasteiger partial charge on any atom is 0.224 e. The molecule has 20 heavy (non-hydrogen) atoms. The molecule has 0 aliphatic rings. The number of aryl methyl sites for hydroxylation is 1. The van der Waals surface area contributed by atoms with Crippen LogP contribution in [0.3, 0.4) is 0 Å². The van der Waals surface area contributed by atoms with Crippen molar-refractivity contribution in [3.8, 4) is 0 Å². The van der Waals surface area contributed by atoms with Gasteiger partial charge in [-0.3, -0.25) is 0 Å². The van der Waals surface area contributed by atoms with Crippen molar-refractivity contribution in [3.63, 3.8) is 0 Å². The number of nitrogens with one attached hydrogen (secondary N) is 1. The highest BCUT2D eigenvalue weighted by Gasteiger charge is 2.12. The van der Waals surface area contributed by atoms with E-state index in [1.54, 1.807) is 23.9 Å². The first-order valence-electron chi connectivity index (χ1n) is 6.22. The highest BCUT2D eigenvalue weighted by Crippen LogP contribution is 2.35. The van der Waals surface area contributed by atoms with Crippen molar-refractivity contribution < 1.29 is 0 Å². The summed E-state index contributed by atoms with van der Waals surface area (Å²) in [5.74, 6) is 0.638. The highest BCUT2D eigenvalue weighted by molar-refractivity contribution is 7.99. The zero-order valence-electron chi connectivity index (χ0n) is 11.1. The van der Waals surface area contributed by atoms with Gasteiger partial charge >= 0.3 is 0 Å². The fraction of sp³-hybridized carbons (Fsp3) is 0.231. The Morgan fingerprint density at radius 1 is 1.35 bits per heavy atom.